The largest absolute Gasteiger partial charge is 0.444 e. The lowest BCUT2D eigenvalue weighted by molar-refractivity contribution is 0.0520. The number of alkyl carbamates (subject to hydrolysis) is 1. The Morgan fingerprint density at radius 1 is 1.08 bits per heavy atom. The van der Waals surface area contributed by atoms with Crippen LogP contribution < -0.4 is 5.32 Å². The fraction of sp³-hybridized carbons (Fsp3) is 0.429. The zero-order chi connectivity index (χ0) is 18.4. The molecule has 2 aromatic carbocycles. The van der Waals surface area contributed by atoms with Crippen LogP contribution in [0.4, 0.5) is 4.79 Å². The fourth-order valence-electron chi connectivity index (χ4n) is 2.56. The standard InChI is InChI=1S/C21H27NO3/c1-15(14-22-20(24)25-21(2,3)4)9-12-19(23)18-11-10-16-7-5-6-8-17(16)13-18/h5-8,10-11,13,15H,9,12,14H2,1-4H3,(H,22,24). The minimum atomic E-state index is -0.501. The maximum atomic E-state index is 12.4. The van der Waals surface area contributed by atoms with E-state index in [2.05, 4.69) is 5.32 Å². The molecule has 25 heavy (non-hydrogen) atoms. The number of hydrogen-bond acceptors (Lipinski definition) is 3. The van der Waals surface area contributed by atoms with E-state index in [9.17, 15) is 9.59 Å². The second kappa shape index (κ2) is 8.15. The molecule has 0 heterocycles. The molecule has 134 valence electrons. The Bertz CT molecular complexity index is 746. The van der Waals surface area contributed by atoms with Crippen molar-refractivity contribution in [2.24, 2.45) is 5.92 Å². The van der Waals surface area contributed by atoms with Crippen LogP contribution in [0.5, 0.6) is 0 Å². The first-order valence-corrected chi connectivity index (χ1v) is 8.73. The number of benzene rings is 2. The van der Waals surface area contributed by atoms with Gasteiger partial charge >= 0.3 is 6.09 Å². The zero-order valence-corrected chi connectivity index (χ0v) is 15.5. The predicted octanol–water partition coefficient (Wildman–Crippen LogP) is 4.96. The number of nitrogens with one attached hydrogen (secondary N) is 1. The minimum Gasteiger partial charge on any atom is -0.444 e. The third-order valence-electron chi connectivity index (χ3n) is 3.93. The van der Waals surface area contributed by atoms with Gasteiger partial charge in [-0.3, -0.25) is 4.79 Å². The molecule has 1 unspecified atom stereocenters. The first kappa shape index (κ1) is 19.0. The number of fused-ring (bicyclic) bond motifs is 1. The van der Waals surface area contributed by atoms with Crippen LogP contribution in [0.3, 0.4) is 0 Å². The summed E-state index contributed by atoms with van der Waals surface area (Å²) < 4.78 is 5.21. The van der Waals surface area contributed by atoms with Crippen LogP contribution in [-0.4, -0.2) is 24.0 Å². The minimum absolute atomic E-state index is 0.134. The molecule has 0 aliphatic heterocycles. The van der Waals surface area contributed by atoms with Crippen molar-refractivity contribution in [1.82, 2.24) is 5.32 Å². The number of carbonyl (C=O) groups excluding carboxylic acids is 2. The first-order valence-electron chi connectivity index (χ1n) is 8.73. The van der Waals surface area contributed by atoms with Crippen molar-refractivity contribution in [1.29, 1.82) is 0 Å². The van der Waals surface area contributed by atoms with Gasteiger partial charge in [0.25, 0.3) is 0 Å². The van der Waals surface area contributed by atoms with Crippen molar-refractivity contribution in [2.75, 3.05) is 6.54 Å². The summed E-state index contributed by atoms with van der Waals surface area (Å²) in [5.41, 5.74) is 0.241. The molecule has 0 fully saturated rings. The second-order valence-electron chi connectivity index (χ2n) is 7.51. The van der Waals surface area contributed by atoms with Crippen LogP contribution in [0.2, 0.25) is 0 Å². The summed E-state index contributed by atoms with van der Waals surface area (Å²) in [7, 11) is 0. The fourth-order valence-corrected chi connectivity index (χ4v) is 2.56. The maximum absolute atomic E-state index is 12.4. The van der Waals surface area contributed by atoms with Gasteiger partial charge in [-0.25, -0.2) is 4.79 Å². The van der Waals surface area contributed by atoms with Gasteiger partial charge in [0.1, 0.15) is 5.60 Å². The Labute approximate surface area is 149 Å². The molecule has 0 bridgehead atoms. The van der Waals surface area contributed by atoms with Gasteiger partial charge in [-0.15, -0.1) is 0 Å². The molecule has 2 aromatic rings. The van der Waals surface area contributed by atoms with Crippen LogP contribution in [0.15, 0.2) is 42.5 Å². The average Bonchev–Trinajstić information content (AvgIpc) is 2.56. The van der Waals surface area contributed by atoms with E-state index >= 15 is 0 Å². The summed E-state index contributed by atoms with van der Waals surface area (Å²) in [5.74, 6) is 0.340. The lowest BCUT2D eigenvalue weighted by Gasteiger charge is -2.20. The van der Waals surface area contributed by atoms with Crippen molar-refractivity contribution < 1.29 is 14.3 Å². The highest BCUT2D eigenvalue weighted by Crippen LogP contribution is 2.18. The molecule has 1 amide bonds. The summed E-state index contributed by atoms with van der Waals surface area (Å²) in [6.07, 6.45) is 0.775. The highest BCUT2D eigenvalue weighted by molar-refractivity contribution is 5.99. The second-order valence-corrected chi connectivity index (χ2v) is 7.51. The molecule has 0 spiro atoms. The molecule has 1 N–H and O–H groups in total. The first-order chi connectivity index (χ1) is 11.7. The number of amides is 1. The van der Waals surface area contributed by atoms with E-state index in [1.165, 1.54) is 0 Å². The van der Waals surface area contributed by atoms with E-state index in [1.54, 1.807) is 0 Å². The zero-order valence-electron chi connectivity index (χ0n) is 15.5. The molecule has 0 radical (unpaired) electrons. The van der Waals surface area contributed by atoms with Crippen LogP contribution in [-0.2, 0) is 4.74 Å². The highest BCUT2D eigenvalue weighted by atomic mass is 16.6. The molecule has 4 nitrogen and oxygen atoms in total. The molecular formula is C21H27NO3. The van der Waals surface area contributed by atoms with Crippen LogP contribution in [0, 0.1) is 5.92 Å². The van der Waals surface area contributed by atoms with E-state index in [0.717, 1.165) is 22.8 Å². The van der Waals surface area contributed by atoms with E-state index in [0.29, 0.717) is 13.0 Å². The monoisotopic (exact) mass is 341 g/mol. The van der Waals surface area contributed by atoms with Crippen LogP contribution in [0.25, 0.3) is 10.8 Å². The van der Waals surface area contributed by atoms with Gasteiger partial charge in [0.05, 0.1) is 0 Å². The summed E-state index contributed by atoms with van der Waals surface area (Å²) in [6.45, 7) is 8.01. The maximum Gasteiger partial charge on any atom is 0.407 e. The van der Waals surface area contributed by atoms with Gasteiger partial charge in [0.2, 0.25) is 0 Å². The molecule has 0 aliphatic carbocycles. The number of carbonyl (C=O) groups is 2. The van der Waals surface area contributed by atoms with Crippen molar-refractivity contribution >= 4 is 22.6 Å². The summed E-state index contributed by atoms with van der Waals surface area (Å²) in [5, 5.41) is 4.96. The topological polar surface area (TPSA) is 55.4 Å². The average molecular weight is 341 g/mol. The van der Waals surface area contributed by atoms with Crippen molar-refractivity contribution in [3.05, 3.63) is 48.0 Å². The number of hydrogen-bond donors (Lipinski definition) is 1. The molecule has 0 aliphatic rings. The van der Waals surface area contributed by atoms with Gasteiger partial charge < -0.3 is 10.1 Å². The molecule has 2 rings (SSSR count). The Kier molecular flexibility index (Phi) is 6.18. The molecular weight excluding hydrogens is 314 g/mol. The summed E-state index contributed by atoms with van der Waals surface area (Å²) >= 11 is 0. The Hall–Kier alpha value is -2.36. The van der Waals surface area contributed by atoms with E-state index in [1.807, 2.05) is 70.2 Å². The van der Waals surface area contributed by atoms with Crippen molar-refractivity contribution in [3.63, 3.8) is 0 Å². The third kappa shape index (κ3) is 6.22. The van der Waals surface area contributed by atoms with Crippen molar-refractivity contribution in [3.8, 4) is 0 Å². The summed E-state index contributed by atoms with van der Waals surface area (Å²) in [6, 6.07) is 13.8. The molecule has 1 atom stereocenters. The van der Waals surface area contributed by atoms with E-state index in [4.69, 9.17) is 4.74 Å². The Balaban J connectivity index is 1.81. The summed E-state index contributed by atoms with van der Waals surface area (Å²) in [4.78, 5) is 24.1. The number of Topliss-reactive ketones (excluding diaryl/α,β-unsaturated/α-hetero) is 1. The highest BCUT2D eigenvalue weighted by Gasteiger charge is 2.17. The number of ether oxygens (including phenoxy) is 1. The van der Waals surface area contributed by atoms with Crippen molar-refractivity contribution in [2.45, 2.75) is 46.1 Å². The Morgan fingerprint density at radius 3 is 2.44 bits per heavy atom. The lowest BCUT2D eigenvalue weighted by atomic mass is 9.98. The van der Waals surface area contributed by atoms with Crippen LogP contribution in [0.1, 0.15) is 50.9 Å². The van der Waals surface area contributed by atoms with Gasteiger partial charge in [-0.1, -0.05) is 43.3 Å². The number of ketones is 1. The molecule has 4 heteroatoms. The normalized spacial score (nSPS) is 12.6. The van der Waals surface area contributed by atoms with Gasteiger partial charge in [-0.2, -0.15) is 0 Å². The SMILES string of the molecule is CC(CCC(=O)c1ccc2ccccc2c1)CNC(=O)OC(C)(C)C. The molecule has 0 saturated heterocycles. The smallest absolute Gasteiger partial charge is 0.407 e. The van der Waals surface area contributed by atoms with Gasteiger partial charge in [0, 0.05) is 18.5 Å². The Morgan fingerprint density at radius 2 is 1.76 bits per heavy atom. The third-order valence-corrected chi connectivity index (χ3v) is 3.93. The number of rotatable bonds is 6. The molecule has 0 saturated carbocycles. The van der Waals surface area contributed by atoms with E-state index in [-0.39, 0.29) is 11.7 Å². The quantitative estimate of drug-likeness (QED) is 0.755. The lowest BCUT2D eigenvalue weighted by Crippen LogP contribution is -2.34. The van der Waals surface area contributed by atoms with E-state index < -0.39 is 11.7 Å². The van der Waals surface area contributed by atoms with Gasteiger partial charge in [0.15, 0.2) is 5.78 Å². The van der Waals surface area contributed by atoms with Crippen LogP contribution >= 0.6 is 0 Å². The van der Waals surface area contributed by atoms with Gasteiger partial charge in [-0.05, 0) is 49.9 Å². The molecule has 0 aromatic heterocycles. The predicted molar refractivity (Wildman–Crippen MR) is 101 cm³/mol.